The van der Waals surface area contributed by atoms with Gasteiger partial charge in [0.2, 0.25) is 0 Å². The molecule has 0 spiro atoms. The summed E-state index contributed by atoms with van der Waals surface area (Å²) < 4.78 is 5.24. The van der Waals surface area contributed by atoms with Crippen LogP contribution in [0.3, 0.4) is 0 Å². The minimum atomic E-state index is -0.334. The maximum Gasteiger partial charge on any atom is 0.335 e. The second kappa shape index (κ2) is 8.48. The molecular weight excluding hydrogens is 326 g/mol. The Hall–Kier alpha value is -2.88. The number of amides is 1. The Balaban J connectivity index is 1.84. The van der Waals surface area contributed by atoms with Crippen LogP contribution in [0.4, 0.5) is 0 Å². The predicted molar refractivity (Wildman–Crippen MR) is 100 cm³/mol. The summed E-state index contributed by atoms with van der Waals surface area (Å²) in [5.74, 6) is -0.374. The van der Waals surface area contributed by atoms with Crippen LogP contribution in [0.2, 0.25) is 0 Å². The first-order chi connectivity index (χ1) is 12.7. The van der Waals surface area contributed by atoms with Crippen LogP contribution in [0.5, 0.6) is 0 Å². The Bertz CT molecular complexity index is 784. The first-order valence-electron chi connectivity index (χ1n) is 8.97. The zero-order valence-corrected chi connectivity index (χ0v) is 14.9. The van der Waals surface area contributed by atoms with E-state index in [1.165, 1.54) is 5.56 Å². The highest BCUT2D eigenvalue weighted by Gasteiger charge is 2.30. The highest BCUT2D eigenvalue weighted by molar-refractivity contribution is 5.96. The topological polar surface area (TPSA) is 46.6 Å². The number of carbonyl (C=O) groups excluding carboxylic acids is 2. The van der Waals surface area contributed by atoms with Crippen molar-refractivity contribution >= 4 is 11.9 Å². The van der Waals surface area contributed by atoms with E-state index in [4.69, 9.17) is 4.74 Å². The van der Waals surface area contributed by atoms with Crippen molar-refractivity contribution in [2.75, 3.05) is 13.2 Å². The van der Waals surface area contributed by atoms with Crippen molar-refractivity contribution in [2.45, 2.75) is 19.8 Å². The van der Waals surface area contributed by atoms with Gasteiger partial charge in [-0.05, 0) is 43.4 Å². The van der Waals surface area contributed by atoms with Gasteiger partial charge in [-0.25, -0.2) is 4.79 Å². The van der Waals surface area contributed by atoms with Crippen LogP contribution in [-0.2, 0) is 16.0 Å². The lowest BCUT2D eigenvalue weighted by molar-refractivity contribution is -0.139. The molecule has 0 fully saturated rings. The molecule has 0 saturated carbocycles. The van der Waals surface area contributed by atoms with E-state index in [2.05, 4.69) is 12.1 Å². The van der Waals surface area contributed by atoms with Crippen molar-refractivity contribution in [1.29, 1.82) is 0 Å². The monoisotopic (exact) mass is 349 g/mol. The first-order valence-corrected chi connectivity index (χ1v) is 8.97. The fourth-order valence-electron chi connectivity index (χ4n) is 3.24. The molecule has 1 heterocycles. The van der Waals surface area contributed by atoms with Crippen molar-refractivity contribution in [2.24, 2.45) is 5.92 Å². The highest BCUT2D eigenvalue weighted by atomic mass is 16.5. The Morgan fingerprint density at radius 3 is 2.35 bits per heavy atom. The van der Waals surface area contributed by atoms with Crippen LogP contribution in [0, 0.1) is 5.92 Å². The van der Waals surface area contributed by atoms with E-state index in [-0.39, 0.29) is 17.8 Å². The third kappa shape index (κ3) is 4.20. The zero-order chi connectivity index (χ0) is 18.4. The molecule has 26 heavy (non-hydrogen) atoms. The third-order valence-electron chi connectivity index (χ3n) is 4.57. The number of ether oxygens (including phenoxy) is 1. The number of benzene rings is 2. The molecule has 0 N–H and O–H groups in total. The maximum absolute atomic E-state index is 12.7. The number of carbonyl (C=O) groups is 2. The average molecular weight is 349 g/mol. The van der Waals surface area contributed by atoms with Crippen LogP contribution in [0.1, 0.15) is 29.3 Å². The van der Waals surface area contributed by atoms with Crippen LogP contribution in [0.25, 0.3) is 0 Å². The smallest absolute Gasteiger partial charge is 0.335 e. The third-order valence-corrected chi connectivity index (χ3v) is 4.57. The molecule has 1 amide bonds. The van der Waals surface area contributed by atoms with Crippen molar-refractivity contribution in [3.8, 4) is 0 Å². The van der Waals surface area contributed by atoms with E-state index in [0.29, 0.717) is 24.3 Å². The number of nitrogens with zero attached hydrogens (tertiary/aromatic N) is 1. The van der Waals surface area contributed by atoms with Gasteiger partial charge in [0.05, 0.1) is 12.2 Å². The van der Waals surface area contributed by atoms with Crippen molar-refractivity contribution in [3.63, 3.8) is 0 Å². The molecule has 4 heteroatoms. The van der Waals surface area contributed by atoms with E-state index < -0.39 is 0 Å². The summed E-state index contributed by atoms with van der Waals surface area (Å²) in [7, 11) is 0. The molecule has 0 aliphatic carbocycles. The second-order valence-corrected chi connectivity index (χ2v) is 6.34. The summed E-state index contributed by atoms with van der Waals surface area (Å²) in [5, 5.41) is 0. The molecule has 1 aliphatic rings. The van der Waals surface area contributed by atoms with Gasteiger partial charge in [-0.2, -0.15) is 0 Å². The van der Waals surface area contributed by atoms with Gasteiger partial charge in [0.1, 0.15) is 0 Å². The van der Waals surface area contributed by atoms with E-state index in [0.717, 1.165) is 12.8 Å². The Morgan fingerprint density at radius 1 is 1.04 bits per heavy atom. The standard InChI is InChI=1S/C22H23NO3/c1-2-26-22(25)20-16-23(21(24)18-11-7-4-8-12-18)14-13-19(20)15-17-9-5-3-6-10-17/h3-12,16,19H,2,13-15H2,1H3/t19-/m1/s1. The summed E-state index contributed by atoms with van der Waals surface area (Å²) >= 11 is 0. The summed E-state index contributed by atoms with van der Waals surface area (Å²) in [6.07, 6.45) is 3.18. The SMILES string of the molecule is CCOC(=O)C1=CN(C(=O)c2ccccc2)CC[C@@H]1Cc1ccccc1. The number of hydrogen-bond donors (Lipinski definition) is 0. The average Bonchev–Trinajstić information content (AvgIpc) is 2.69. The summed E-state index contributed by atoms with van der Waals surface area (Å²) in [6.45, 7) is 2.70. The molecule has 0 aromatic heterocycles. The van der Waals surface area contributed by atoms with E-state index in [1.807, 2.05) is 36.4 Å². The molecule has 1 atom stereocenters. The predicted octanol–water partition coefficient (Wildman–Crippen LogP) is 3.84. The molecule has 3 rings (SSSR count). The van der Waals surface area contributed by atoms with Crippen LogP contribution < -0.4 is 0 Å². The molecule has 1 aliphatic heterocycles. The van der Waals surface area contributed by atoms with E-state index in [9.17, 15) is 9.59 Å². The first kappa shape index (κ1) is 17.9. The molecule has 134 valence electrons. The maximum atomic E-state index is 12.7. The largest absolute Gasteiger partial charge is 0.463 e. The lowest BCUT2D eigenvalue weighted by Gasteiger charge is -2.30. The number of hydrogen-bond acceptors (Lipinski definition) is 3. The molecule has 2 aromatic carbocycles. The summed E-state index contributed by atoms with van der Waals surface area (Å²) in [6, 6.07) is 19.2. The van der Waals surface area contributed by atoms with Gasteiger partial charge >= 0.3 is 5.97 Å². The van der Waals surface area contributed by atoms with Crippen molar-refractivity contribution in [3.05, 3.63) is 83.6 Å². The molecule has 4 nitrogen and oxygen atoms in total. The summed E-state index contributed by atoms with van der Waals surface area (Å²) in [4.78, 5) is 26.8. The van der Waals surface area contributed by atoms with Gasteiger partial charge in [-0.3, -0.25) is 4.79 Å². The van der Waals surface area contributed by atoms with Crippen LogP contribution >= 0.6 is 0 Å². The highest BCUT2D eigenvalue weighted by Crippen LogP contribution is 2.28. The van der Waals surface area contributed by atoms with Crippen molar-refractivity contribution < 1.29 is 14.3 Å². The van der Waals surface area contributed by atoms with Gasteiger partial charge in [0, 0.05) is 18.3 Å². The lowest BCUT2D eigenvalue weighted by atomic mass is 9.87. The minimum Gasteiger partial charge on any atom is -0.463 e. The van der Waals surface area contributed by atoms with Crippen LogP contribution in [0.15, 0.2) is 72.4 Å². The summed E-state index contributed by atoms with van der Waals surface area (Å²) in [5.41, 5.74) is 2.37. The van der Waals surface area contributed by atoms with Crippen LogP contribution in [-0.4, -0.2) is 29.9 Å². The Morgan fingerprint density at radius 2 is 1.69 bits per heavy atom. The molecule has 2 aromatic rings. The van der Waals surface area contributed by atoms with E-state index >= 15 is 0 Å². The van der Waals surface area contributed by atoms with Gasteiger partial charge in [0.15, 0.2) is 0 Å². The fraction of sp³-hybridized carbons (Fsp3) is 0.273. The second-order valence-electron chi connectivity index (χ2n) is 6.34. The molecule has 0 radical (unpaired) electrons. The Kier molecular flexibility index (Phi) is 5.84. The van der Waals surface area contributed by atoms with Gasteiger partial charge in [-0.1, -0.05) is 48.5 Å². The molecule has 0 saturated heterocycles. The van der Waals surface area contributed by atoms with Crippen molar-refractivity contribution in [1.82, 2.24) is 4.90 Å². The molecule has 0 bridgehead atoms. The van der Waals surface area contributed by atoms with Gasteiger partial charge in [0.25, 0.3) is 5.91 Å². The molecule has 0 unspecified atom stereocenters. The minimum absolute atomic E-state index is 0.0521. The van der Waals surface area contributed by atoms with Gasteiger partial charge < -0.3 is 9.64 Å². The van der Waals surface area contributed by atoms with E-state index in [1.54, 1.807) is 30.2 Å². The van der Waals surface area contributed by atoms with Gasteiger partial charge in [-0.15, -0.1) is 0 Å². The normalized spacial score (nSPS) is 16.7. The number of esters is 1. The molecular formula is C22H23NO3. The zero-order valence-electron chi connectivity index (χ0n) is 14.9. The quantitative estimate of drug-likeness (QED) is 0.771. The fourth-order valence-corrected chi connectivity index (χ4v) is 3.24. The Labute approximate surface area is 154 Å². The lowest BCUT2D eigenvalue weighted by Crippen LogP contribution is -2.35. The number of rotatable bonds is 5.